The van der Waals surface area contributed by atoms with Crippen LogP contribution in [0.2, 0.25) is 0 Å². The molecule has 0 bridgehead atoms. The van der Waals surface area contributed by atoms with Crippen molar-refractivity contribution in [1.82, 2.24) is 0 Å². The Morgan fingerprint density at radius 2 is 1.91 bits per heavy atom. The molecule has 5 heteroatoms. The van der Waals surface area contributed by atoms with Gasteiger partial charge < -0.3 is 10.1 Å². The highest BCUT2D eigenvalue weighted by Gasteiger charge is 2.15. The lowest BCUT2D eigenvalue weighted by Gasteiger charge is -2.13. The van der Waals surface area contributed by atoms with Crippen molar-refractivity contribution in [2.45, 2.75) is 24.0 Å². The van der Waals surface area contributed by atoms with Crippen LogP contribution in [0.15, 0.2) is 51.8 Å². The van der Waals surface area contributed by atoms with Gasteiger partial charge >= 0.3 is 0 Å². The van der Waals surface area contributed by atoms with Gasteiger partial charge in [-0.3, -0.25) is 4.79 Å². The number of thioether (sulfide) groups is 1. The van der Waals surface area contributed by atoms with E-state index in [-0.39, 0.29) is 11.2 Å². The van der Waals surface area contributed by atoms with Crippen molar-refractivity contribution in [3.05, 3.63) is 52.5 Å². The topological polar surface area (TPSA) is 38.3 Å². The molecule has 0 heterocycles. The number of rotatable bonds is 5. The predicted octanol–water partition coefficient (Wildman–Crippen LogP) is 4.89. The van der Waals surface area contributed by atoms with Gasteiger partial charge in [0, 0.05) is 9.37 Å². The van der Waals surface area contributed by atoms with E-state index in [9.17, 15) is 4.79 Å². The first kappa shape index (κ1) is 16.9. The summed E-state index contributed by atoms with van der Waals surface area (Å²) in [5, 5.41) is 2.76. The van der Waals surface area contributed by atoms with Crippen LogP contribution in [0.1, 0.15) is 12.5 Å². The summed E-state index contributed by atoms with van der Waals surface area (Å²) in [6.07, 6.45) is 0. The van der Waals surface area contributed by atoms with Gasteiger partial charge in [0.05, 0.1) is 18.0 Å². The zero-order chi connectivity index (χ0) is 16.1. The SMILES string of the molecule is COc1ccc(SC(C)C(=O)Nc2ccc(C)cc2Br)cc1. The molecule has 2 aromatic rings. The maximum Gasteiger partial charge on any atom is 0.237 e. The molecule has 0 saturated carbocycles. The average molecular weight is 380 g/mol. The number of nitrogens with one attached hydrogen (secondary N) is 1. The Balaban J connectivity index is 1.99. The van der Waals surface area contributed by atoms with Crippen molar-refractivity contribution < 1.29 is 9.53 Å². The van der Waals surface area contributed by atoms with Crippen molar-refractivity contribution in [2.24, 2.45) is 0 Å². The van der Waals surface area contributed by atoms with Crippen LogP contribution >= 0.6 is 27.7 Å². The lowest BCUT2D eigenvalue weighted by Crippen LogP contribution is -2.22. The quantitative estimate of drug-likeness (QED) is 0.751. The second-order valence-electron chi connectivity index (χ2n) is 4.91. The molecule has 1 N–H and O–H groups in total. The van der Waals surface area contributed by atoms with Crippen LogP contribution in [0, 0.1) is 6.92 Å². The minimum atomic E-state index is -0.193. The lowest BCUT2D eigenvalue weighted by atomic mass is 10.2. The number of amides is 1. The van der Waals surface area contributed by atoms with Crippen molar-refractivity contribution in [1.29, 1.82) is 0 Å². The van der Waals surface area contributed by atoms with Crippen LogP contribution < -0.4 is 10.1 Å². The highest BCUT2D eigenvalue weighted by atomic mass is 79.9. The van der Waals surface area contributed by atoms with Gasteiger partial charge in [-0.15, -0.1) is 11.8 Å². The Bertz CT molecular complexity index is 658. The third kappa shape index (κ3) is 4.52. The minimum Gasteiger partial charge on any atom is -0.497 e. The van der Waals surface area contributed by atoms with Crippen molar-refractivity contribution in [2.75, 3.05) is 12.4 Å². The summed E-state index contributed by atoms with van der Waals surface area (Å²) in [6, 6.07) is 13.6. The maximum absolute atomic E-state index is 12.3. The summed E-state index contributed by atoms with van der Waals surface area (Å²) in [6.45, 7) is 3.91. The number of benzene rings is 2. The van der Waals surface area contributed by atoms with E-state index in [0.29, 0.717) is 0 Å². The first-order chi connectivity index (χ1) is 10.5. The Morgan fingerprint density at radius 3 is 2.50 bits per heavy atom. The van der Waals surface area contributed by atoms with E-state index in [1.807, 2.05) is 56.3 Å². The molecule has 0 spiro atoms. The molecule has 0 aliphatic carbocycles. The molecule has 3 nitrogen and oxygen atoms in total. The fraction of sp³-hybridized carbons (Fsp3) is 0.235. The fourth-order valence-electron chi connectivity index (χ4n) is 1.87. The molecule has 0 aliphatic heterocycles. The van der Waals surface area contributed by atoms with E-state index >= 15 is 0 Å². The van der Waals surface area contributed by atoms with Gasteiger partial charge in [0.1, 0.15) is 5.75 Å². The van der Waals surface area contributed by atoms with E-state index < -0.39 is 0 Å². The van der Waals surface area contributed by atoms with Crippen molar-refractivity contribution in [3.8, 4) is 5.75 Å². The van der Waals surface area contributed by atoms with Gasteiger partial charge in [-0.2, -0.15) is 0 Å². The monoisotopic (exact) mass is 379 g/mol. The molecule has 0 fully saturated rings. The van der Waals surface area contributed by atoms with Crippen LogP contribution in [0.3, 0.4) is 0 Å². The Hall–Kier alpha value is -1.46. The lowest BCUT2D eigenvalue weighted by molar-refractivity contribution is -0.115. The molecule has 0 aliphatic rings. The fourth-order valence-corrected chi connectivity index (χ4v) is 3.33. The number of hydrogen-bond acceptors (Lipinski definition) is 3. The molecule has 22 heavy (non-hydrogen) atoms. The summed E-state index contributed by atoms with van der Waals surface area (Å²) >= 11 is 4.99. The maximum atomic E-state index is 12.3. The van der Waals surface area contributed by atoms with Crippen molar-refractivity contribution >= 4 is 39.3 Å². The normalized spacial score (nSPS) is 11.8. The molecule has 0 aromatic heterocycles. The standard InChI is InChI=1S/C17H18BrNO2S/c1-11-4-9-16(15(18)10-11)19-17(20)12(2)22-14-7-5-13(21-3)6-8-14/h4-10,12H,1-3H3,(H,19,20). The predicted molar refractivity (Wildman–Crippen MR) is 95.8 cm³/mol. The molecule has 2 aromatic carbocycles. The van der Waals surface area contributed by atoms with Crippen LogP contribution in [-0.4, -0.2) is 18.3 Å². The number of carbonyl (C=O) groups excluding carboxylic acids is 1. The Labute approximate surface area is 143 Å². The second-order valence-corrected chi connectivity index (χ2v) is 7.18. The number of methoxy groups -OCH3 is 1. The zero-order valence-corrected chi connectivity index (χ0v) is 15.1. The number of hydrogen-bond donors (Lipinski definition) is 1. The zero-order valence-electron chi connectivity index (χ0n) is 12.7. The molecular formula is C17H18BrNO2S. The van der Waals surface area contributed by atoms with Crippen molar-refractivity contribution in [3.63, 3.8) is 0 Å². The minimum absolute atomic E-state index is 0.0228. The smallest absolute Gasteiger partial charge is 0.237 e. The number of halogens is 1. The molecular weight excluding hydrogens is 362 g/mol. The first-order valence-electron chi connectivity index (χ1n) is 6.87. The van der Waals surface area contributed by atoms with E-state index in [0.717, 1.165) is 26.4 Å². The van der Waals surface area contributed by atoms with Gasteiger partial charge in [-0.25, -0.2) is 0 Å². The number of ether oxygens (including phenoxy) is 1. The molecule has 0 saturated heterocycles. The highest BCUT2D eigenvalue weighted by molar-refractivity contribution is 9.10. The van der Waals surface area contributed by atoms with Gasteiger partial charge in [0.25, 0.3) is 0 Å². The van der Waals surface area contributed by atoms with Crippen LogP contribution in [0.5, 0.6) is 5.75 Å². The molecule has 1 atom stereocenters. The van der Waals surface area contributed by atoms with E-state index in [4.69, 9.17) is 4.74 Å². The Kier molecular flexibility index (Phi) is 5.91. The van der Waals surface area contributed by atoms with Gasteiger partial charge in [-0.05, 0) is 71.7 Å². The molecule has 1 amide bonds. The molecule has 1 unspecified atom stereocenters. The van der Waals surface area contributed by atoms with E-state index in [1.54, 1.807) is 7.11 Å². The molecule has 2 rings (SSSR count). The Morgan fingerprint density at radius 1 is 1.23 bits per heavy atom. The van der Waals surface area contributed by atoms with Gasteiger partial charge in [-0.1, -0.05) is 6.07 Å². The first-order valence-corrected chi connectivity index (χ1v) is 8.54. The summed E-state index contributed by atoms with van der Waals surface area (Å²) in [4.78, 5) is 13.3. The summed E-state index contributed by atoms with van der Waals surface area (Å²) in [5.74, 6) is 0.787. The van der Waals surface area contributed by atoms with Gasteiger partial charge in [0.2, 0.25) is 5.91 Å². The van der Waals surface area contributed by atoms with Crippen LogP contribution in [-0.2, 0) is 4.79 Å². The van der Waals surface area contributed by atoms with E-state index in [2.05, 4.69) is 21.2 Å². The largest absolute Gasteiger partial charge is 0.497 e. The summed E-state index contributed by atoms with van der Waals surface area (Å²) in [7, 11) is 1.64. The number of aryl methyl sites for hydroxylation is 1. The summed E-state index contributed by atoms with van der Waals surface area (Å²) in [5.41, 5.74) is 1.93. The third-order valence-corrected chi connectivity index (χ3v) is 4.89. The second kappa shape index (κ2) is 7.70. The van der Waals surface area contributed by atoms with Gasteiger partial charge in [0.15, 0.2) is 0 Å². The number of anilines is 1. The summed E-state index contributed by atoms with van der Waals surface area (Å²) < 4.78 is 6.02. The third-order valence-electron chi connectivity index (χ3n) is 3.12. The average Bonchev–Trinajstić information content (AvgIpc) is 2.50. The molecule has 116 valence electrons. The molecule has 0 radical (unpaired) electrons. The van der Waals surface area contributed by atoms with Crippen LogP contribution in [0.25, 0.3) is 0 Å². The highest BCUT2D eigenvalue weighted by Crippen LogP contribution is 2.28. The van der Waals surface area contributed by atoms with Crippen LogP contribution in [0.4, 0.5) is 5.69 Å². The number of carbonyl (C=O) groups is 1. The van der Waals surface area contributed by atoms with E-state index in [1.165, 1.54) is 11.8 Å².